The standard InChI is InChI=1S/C21H26BNO3/c1-20(2)21(3,4)26-22(25-20)17(15-24)14-16-10-8-9-13-19(16)23-18-11-6-5-7-12-18/h5-14,23-24H,15H2,1-4H3. The molecule has 0 unspecified atom stereocenters. The topological polar surface area (TPSA) is 50.7 Å². The summed E-state index contributed by atoms with van der Waals surface area (Å²) in [6.45, 7) is 7.90. The molecule has 26 heavy (non-hydrogen) atoms. The largest absolute Gasteiger partial charge is 0.492 e. The molecule has 1 saturated heterocycles. The van der Waals surface area contributed by atoms with Crippen molar-refractivity contribution in [3.63, 3.8) is 0 Å². The first-order valence-electron chi connectivity index (χ1n) is 8.90. The Morgan fingerprint density at radius 3 is 2.15 bits per heavy atom. The van der Waals surface area contributed by atoms with Gasteiger partial charge in [-0.25, -0.2) is 0 Å². The van der Waals surface area contributed by atoms with Crippen molar-refractivity contribution in [1.82, 2.24) is 0 Å². The van der Waals surface area contributed by atoms with E-state index in [0.717, 1.165) is 16.9 Å². The smallest absolute Gasteiger partial charge is 0.400 e. The van der Waals surface area contributed by atoms with Crippen molar-refractivity contribution in [2.24, 2.45) is 0 Å². The van der Waals surface area contributed by atoms with Crippen LogP contribution >= 0.6 is 0 Å². The van der Waals surface area contributed by atoms with E-state index >= 15 is 0 Å². The Bertz CT molecular complexity index is 771. The van der Waals surface area contributed by atoms with Crippen LogP contribution in [-0.4, -0.2) is 30.0 Å². The van der Waals surface area contributed by atoms with Gasteiger partial charge in [-0.1, -0.05) is 42.5 Å². The van der Waals surface area contributed by atoms with Crippen LogP contribution in [0.5, 0.6) is 0 Å². The molecule has 1 aliphatic heterocycles. The molecule has 1 aliphatic rings. The van der Waals surface area contributed by atoms with Crippen LogP contribution in [0.15, 0.2) is 60.1 Å². The third-order valence-electron chi connectivity index (χ3n) is 5.09. The van der Waals surface area contributed by atoms with Gasteiger partial charge in [-0.05, 0) is 56.9 Å². The molecule has 136 valence electrons. The van der Waals surface area contributed by atoms with Gasteiger partial charge in [0.1, 0.15) is 0 Å². The van der Waals surface area contributed by atoms with Crippen LogP contribution in [0.25, 0.3) is 6.08 Å². The normalized spacial score (nSPS) is 18.8. The van der Waals surface area contributed by atoms with E-state index in [1.54, 1.807) is 0 Å². The van der Waals surface area contributed by atoms with Crippen molar-refractivity contribution in [3.8, 4) is 0 Å². The lowest BCUT2D eigenvalue weighted by Gasteiger charge is -2.32. The first-order valence-corrected chi connectivity index (χ1v) is 8.90. The molecule has 0 atom stereocenters. The predicted molar refractivity (Wildman–Crippen MR) is 107 cm³/mol. The number of aliphatic hydroxyl groups excluding tert-OH is 1. The molecular weight excluding hydrogens is 325 g/mol. The van der Waals surface area contributed by atoms with Crippen molar-refractivity contribution in [2.45, 2.75) is 38.9 Å². The molecular formula is C21H26BNO3. The zero-order valence-electron chi connectivity index (χ0n) is 15.8. The summed E-state index contributed by atoms with van der Waals surface area (Å²) in [5.41, 5.74) is 2.76. The Balaban J connectivity index is 1.89. The summed E-state index contributed by atoms with van der Waals surface area (Å²) >= 11 is 0. The molecule has 0 aromatic heterocycles. The lowest BCUT2D eigenvalue weighted by atomic mass is 9.77. The molecule has 0 aliphatic carbocycles. The number of nitrogens with one attached hydrogen (secondary N) is 1. The highest BCUT2D eigenvalue weighted by Crippen LogP contribution is 2.39. The van der Waals surface area contributed by atoms with Gasteiger partial charge < -0.3 is 19.7 Å². The Morgan fingerprint density at radius 1 is 0.962 bits per heavy atom. The minimum Gasteiger partial charge on any atom is -0.400 e. The van der Waals surface area contributed by atoms with Gasteiger partial charge in [0.25, 0.3) is 0 Å². The van der Waals surface area contributed by atoms with Gasteiger partial charge in [0.2, 0.25) is 0 Å². The summed E-state index contributed by atoms with van der Waals surface area (Å²) in [5.74, 6) is 0. The second kappa shape index (κ2) is 7.27. The average Bonchev–Trinajstić information content (AvgIpc) is 2.82. The molecule has 1 heterocycles. The quantitative estimate of drug-likeness (QED) is 0.782. The maximum atomic E-state index is 9.92. The van der Waals surface area contributed by atoms with E-state index in [1.165, 1.54) is 0 Å². The van der Waals surface area contributed by atoms with E-state index in [4.69, 9.17) is 9.31 Å². The molecule has 0 bridgehead atoms. The van der Waals surface area contributed by atoms with Gasteiger partial charge >= 0.3 is 7.12 Å². The molecule has 0 spiro atoms. The monoisotopic (exact) mass is 351 g/mol. The highest BCUT2D eigenvalue weighted by atomic mass is 16.7. The SMILES string of the molecule is CC1(C)OB(C(=Cc2ccccc2Nc2ccccc2)CO)OC1(C)C. The Hall–Kier alpha value is -2.08. The Morgan fingerprint density at radius 2 is 1.54 bits per heavy atom. The summed E-state index contributed by atoms with van der Waals surface area (Å²) in [4.78, 5) is 0. The summed E-state index contributed by atoms with van der Waals surface area (Å²) in [7, 11) is -0.560. The molecule has 1 fully saturated rings. The fraction of sp³-hybridized carbons (Fsp3) is 0.333. The second-order valence-electron chi connectivity index (χ2n) is 7.54. The maximum Gasteiger partial charge on any atom is 0.492 e. The number of para-hydroxylation sites is 2. The number of rotatable bonds is 5. The lowest BCUT2D eigenvalue weighted by Crippen LogP contribution is -2.41. The average molecular weight is 351 g/mol. The number of hydrogen-bond acceptors (Lipinski definition) is 4. The van der Waals surface area contributed by atoms with E-state index in [-0.39, 0.29) is 6.61 Å². The van der Waals surface area contributed by atoms with E-state index in [2.05, 4.69) is 5.32 Å². The van der Waals surface area contributed by atoms with E-state index < -0.39 is 18.3 Å². The lowest BCUT2D eigenvalue weighted by molar-refractivity contribution is 0.00578. The predicted octanol–water partition coefficient (Wildman–Crippen LogP) is 4.44. The number of aliphatic hydroxyl groups is 1. The van der Waals surface area contributed by atoms with Gasteiger partial charge in [-0.15, -0.1) is 0 Å². The molecule has 2 N–H and O–H groups in total. The second-order valence-corrected chi connectivity index (χ2v) is 7.54. The van der Waals surface area contributed by atoms with Crippen molar-refractivity contribution in [1.29, 1.82) is 0 Å². The fourth-order valence-electron chi connectivity index (χ4n) is 2.80. The van der Waals surface area contributed by atoms with Crippen LogP contribution < -0.4 is 5.32 Å². The molecule has 2 aromatic carbocycles. The molecule has 0 radical (unpaired) electrons. The summed E-state index contributed by atoms with van der Waals surface area (Å²) in [6, 6.07) is 18.0. The third kappa shape index (κ3) is 3.85. The van der Waals surface area contributed by atoms with Crippen LogP contribution in [0, 0.1) is 0 Å². The van der Waals surface area contributed by atoms with Gasteiger partial charge in [0.15, 0.2) is 0 Å². The number of hydrogen-bond donors (Lipinski definition) is 2. The fourth-order valence-corrected chi connectivity index (χ4v) is 2.80. The summed E-state index contributed by atoms with van der Waals surface area (Å²) < 4.78 is 12.2. The Labute approximate surface area is 156 Å². The zero-order chi connectivity index (χ0) is 18.8. The van der Waals surface area contributed by atoms with Gasteiger partial charge in [0.05, 0.1) is 17.8 Å². The summed E-state index contributed by atoms with van der Waals surface area (Å²) in [5, 5.41) is 13.3. The minimum atomic E-state index is -0.560. The first kappa shape index (κ1) is 18.7. The molecule has 5 heteroatoms. The zero-order valence-corrected chi connectivity index (χ0v) is 15.8. The number of anilines is 2. The van der Waals surface area contributed by atoms with Gasteiger partial charge in [-0.3, -0.25) is 0 Å². The van der Waals surface area contributed by atoms with E-state index in [9.17, 15) is 5.11 Å². The molecule has 0 amide bonds. The minimum absolute atomic E-state index is 0.128. The van der Waals surface area contributed by atoms with Crippen LogP contribution in [-0.2, 0) is 9.31 Å². The van der Waals surface area contributed by atoms with Crippen molar-refractivity contribution >= 4 is 24.6 Å². The van der Waals surface area contributed by atoms with Crippen LogP contribution in [0.2, 0.25) is 0 Å². The van der Waals surface area contributed by atoms with Crippen LogP contribution in [0.3, 0.4) is 0 Å². The van der Waals surface area contributed by atoms with Crippen LogP contribution in [0.4, 0.5) is 11.4 Å². The van der Waals surface area contributed by atoms with Gasteiger partial charge in [-0.2, -0.15) is 0 Å². The maximum absolute atomic E-state index is 9.92. The van der Waals surface area contributed by atoms with Crippen molar-refractivity contribution in [3.05, 3.63) is 65.6 Å². The molecule has 0 saturated carbocycles. The first-order chi connectivity index (χ1) is 12.3. The Kier molecular flexibility index (Phi) is 5.23. The highest BCUT2D eigenvalue weighted by molar-refractivity contribution is 6.55. The summed E-state index contributed by atoms with van der Waals surface area (Å²) in [6.07, 6.45) is 1.94. The third-order valence-corrected chi connectivity index (χ3v) is 5.09. The van der Waals surface area contributed by atoms with Crippen molar-refractivity contribution in [2.75, 3.05) is 11.9 Å². The van der Waals surface area contributed by atoms with E-state index in [1.807, 2.05) is 88.4 Å². The molecule has 4 nitrogen and oxygen atoms in total. The van der Waals surface area contributed by atoms with Gasteiger partial charge in [0, 0.05) is 11.4 Å². The molecule has 3 rings (SSSR count). The molecule has 2 aromatic rings. The highest BCUT2D eigenvalue weighted by Gasteiger charge is 2.52. The van der Waals surface area contributed by atoms with Crippen LogP contribution in [0.1, 0.15) is 33.3 Å². The van der Waals surface area contributed by atoms with E-state index in [0.29, 0.717) is 5.47 Å². The van der Waals surface area contributed by atoms with Crippen molar-refractivity contribution < 1.29 is 14.4 Å². The number of benzene rings is 2.